The highest BCUT2D eigenvalue weighted by Crippen LogP contribution is 2.33. The van der Waals surface area contributed by atoms with Gasteiger partial charge in [-0.3, -0.25) is 14.7 Å². The monoisotopic (exact) mass is 408 g/mol. The van der Waals surface area contributed by atoms with E-state index < -0.39 is 0 Å². The number of amides is 1. The van der Waals surface area contributed by atoms with E-state index in [1.807, 2.05) is 32.0 Å². The third kappa shape index (κ3) is 3.36. The Balaban J connectivity index is 1.68. The molecule has 1 amide bonds. The third-order valence-corrected chi connectivity index (χ3v) is 5.81. The van der Waals surface area contributed by atoms with Crippen molar-refractivity contribution in [2.24, 2.45) is 7.05 Å². The standard InChI is InChI=1S/C22H28N6O2/c1-12(2)23-19-15-8-9-16(24-20(15)26-25-19)17-7-6-10-28(17)22(30)18-13(3)11-14(4)27(5)21(18)29/h8-9,11-12,17H,6-7,10H2,1-5H3,(H2,23,24,25,26). The number of carbonyl (C=O) groups is 1. The molecule has 0 aliphatic carbocycles. The Bertz CT molecular complexity index is 1180. The molecule has 0 bridgehead atoms. The number of aromatic amines is 1. The van der Waals surface area contributed by atoms with Crippen LogP contribution in [-0.4, -0.2) is 43.1 Å². The zero-order chi connectivity index (χ0) is 21.6. The van der Waals surface area contributed by atoms with Crippen LogP contribution in [0.15, 0.2) is 23.0 Å². The van der Waals surface area contributed by atoms with E-state index >= 15 is 0 Å². The second-order valence-electron chi connectivity index (χ2n) is 8.37. The van der Waals surface area contributed by atoms with Crippen LogP contribution in [0.2, 0.25) is 0 Å². The van der Waals surface area contributed by atoms with Crippen LogP contribution in [0.1, 0.15) is 60.0 Å². The van der Waals surface area contributed by atoms with Gasteiger partial charge >= 0.3 is 0 Å². The SMILES string of the molecule is Cc1cc(C)n(C)c(=O)c1C(=O)N1CCCC1c1ccc2c(NC(C)C)n[nH]c2n1. The van der Waals surface area contributed by atoms with Crippen molar-refractivity contribution in [2.75, 3.05) is 11.9 Å². The molecular formula is C22H28N6O2. The molecule has 2 N–H and O–H groups in total. The van der Waals surface area contributed by atoms with Crippen molar-refractivity contribution in [1.29, 1.82) is 0 Å². The number of pyridine rings is 2. The normalized spacial score (nSPS) is 16.6. The first-order valence-electron chi connectivity index (χ1n) is 10.4. The number of fused-ring (bicyclic) bond motifs is 1. The van der Waals surface area contributed by atoms with Gasteiger partial charge in [-0.1, -0.05) is 0 Å². The smallest absolute Gasteiger partial charge is 0.263 e. The fraction of sp³-hybridized carbons (Fsp3) is 0.455. The average molecular weight is 409 g/mol. The van der Waals surface area contributed by atoms with Crippen molar-refractivity contribution in [3.8, 4) is 0 Å². The van der Waals surface area contributed by atoms with E-state index in [-0.39, 0.29) is 29.1 Å². The first-order valence-corrected chi connectivity index (χ1v) is 10.4. The molecule has 1 fully saturated rings. The fourth-order valence-electron chi connectivity index (χ4n) is 4.19. The zero-order valence-corrected chi connectivity index (χ0v) is 18.1. The number of aryl methyl sites for hydroxylation is 2. The molecule has 1 aliphatic heterocycles. The van der Waals surface area contributed by atoms with Gasteiger partial charge in [0.1, 0.15) is 5.56 Å². The van der Waals surface area contributed by atoms with Gasteiger partial charge in [-0.25, -0.2) is 4.98 Å². The van der Waals surface area contributed by atoms with Gasteiger partial charge in [0.25, 0.3) is 11.5 Å². The number of carbonyl (C=O) groups excluding carboxylic acids is 1. The van der Waals surface area contributed by atoms with Crippen molar-refractivity contribution in [2.45, 2.75) is 52.6 Å². The Labute approximate surface area is 175 Å². The van der Waals surface area contributed by atoms with Gasteiger partial charge in [0, 0.05) is 25.3 Å². The molecule has 0 radical (unpaired) electrons. The molecule has 4 rings (SSSR count). The summed E-state index contributed by atoms with van der Waals surface area (Å²) in [6.07, 6.45) is 1.70. The number of nitrogens with zero attached hydrogens (tertiary/aromatic N) is 4. The van der Waals surface area contributed by atoms with Crippen LogP contribution < -0.4 is 10.9 Å². The molecule has 158 valence electrons. The number of nitrogens with one attached hydrogen (secondary N) is 2. The summed E-state index contributed by atoms with van der Waals surface area (Å²) in [5.41, 5.74) is 3.06. The summed E-state index contributed by atoms with van der Waals surface area (Å²) >= 11 is 0. The molecule has 0 spiro atoms. The summed E-state index contributed by atoms with van der Waals surface area (Å²) in [5.74, 6) is 0.557. The molecule has 3 aromatic heterocycles. The molecule has 8 heteroatoms. The highest BCUT2D eigenvalue weighted by molar-refractivity contribution is 5.96. The Hall–Kier alpha value is -3.16. The van der Waals surface area contributed by atoms with Crippen LogP contribution in [0.5, 0.6) is 0 Å². The van der Waals surface area contributed by atoms with Crippen molar-refractivity contribution in [3.63, 3.8) is 0 Å². The lowest BCUT2D eigenvalue weighted by Gasteiger charge is -2.25. The van der Waals surface area contributed by atoms with Crippen molar-refractivity contribution < 1.29 is 4.79 Å². The highest BCUT2D eigenvalue weighted by Gasteiger charge is 2.34. The molecule has 1 saturated heterocycles. The van der Waals surface area contributed by atoms with E-state index in [2.05, 4.69) is 29.4 Å². The lowest BCUT2D eigenvalue weighted by molar-refractivity contribution is 0.0730. The summed E-state index contributed by atoms with van der Waals surface area (Å²) in [4.78, 5) is 32.7. The second kappa shape index (κ2) is 7.59. The van der Waals surface area contributed by atoms with Gasteiger partial charge in [0.15, 0.2) is 11.5 Å². The number of likely N-dealkylation sites (tertiary alicyclic amines) is 1. The lowest BCUT2D eigenvalue weighted by Crippen LogP contribution is -2.37. The molecule has 0 saturated carbocycles. The minimum Gasteiger partial charge on any atom is -0.366 e. The number of rotatable bonds is 4. The molecule has 30 heavy (non-hydrogen) atoms. The molecule has 3 aromatic rings. The predicted molar refractivity (Wildman–Crippen MR) is 117 cm³/mol. The van der Waals surface area contributed by atoms with Crippen molar-refractivity contribution in [3.05, 3.63) is 51.1 Å². The van der Waals surface area contributed by atoms with Gasteiger partial charge in [-0.15, -0.1) is 0 Å². The summed E-state index contributed by atoms with van der Waals surface area (Å²) in [7, 11) is 1.70. The summed E-state index contributed by atoms with van der Waals surface area (Å²) in [6, 6.07) is 5.94. The number of hydrogen-bond acceptors (Lipinski definition) is 5. The maximum Gasteiger partial charge on any atom is 0.263 e. The van der Waals surface area contributed by atoms with Crippen molar-refractivity contribution >= 4 is 22.8 Å². The number of anilines is 1. The fourth-order valence-corrected chi connectivity index (χ4v) is 4.19. The maximum absolute atomic E-state index is 13.4. The minimum atomic E-state index is -0.246. The van der Waals surface area contributed by atoms with Gasteiger partial charge in [0.2, 0.25) is 0 Å². The third-order valence-electron chi connectivity index (χ3n) is 5.81. The quantitative estimate of drug-likeness (QED) is 0.692. The Kier molecular flexibility index (Phi) is 5.09. The van der Waals surface area contributed by atoms with Crippen LogP contribution in [0.4, 0.5) is 5.82 Å². The van der Waals surface area contributed by atoms with Gasteiger partial charge < -0.3 is 14.8 Å². The number of hydrogen-bond donors (Lipinski definition) is 2. The van der Waals surface area contributed by atoms with Gasteiger partial charge in [0.05, 0.1) is 17.1 Å². The van der Waals surface area contributed by atoms with Crippen molar-refractivity contribution in [1.82, 2.24) is 24.6 Å². The van der Waals surface area contributed by atoms with Crippen LogP contribution in [-0.2, 0) is 7.05 Å². The number of H-pyrrole nitrogens is 1. The molecule has 0 aromatic carbocycles. The van der Waals surface area contributed by atoms with Crippen LogP contribution >= 0.6 is 0 Å². The van der Waals surface area contributed by atoms with E-state index in [1.54, 1.807) is 11.9 Å². The number of aromatic nitrogens is 4. The topological polar surface area (TPSA) is 95.9 Å². The molecule has 8 nitrogen and oxygen atoms in total. The average Bonchev–Trinajstić information content (AvgIpc) is 3.33. The Morgan fingerprint density at radius 2 is 2.07 bits per heavy atom. The molecule has 1 aliphatic rings. The van der Waals surface area contributed by atoms with E-state index in [1.165, 1.54) is 4.57 Å². The zero-order valence-electron chi connectivity index (χ0n) is 18.1. The largest absolute Gasteiger partial charge is 0.366 e. The predicted octanol–water partition coefficient (Wildman–Crippen LogP) is 3.07. The van der Waals surface area contributed by atoms with Crippen LogP contribution in [0.25, 0.3) is 11.0 Å². The summed E-state index contributed by atoms with van der Waals surface area (Å²) < 4.78 is 1.53. The first-order chi connectivity index (χ1) is 14.3. The van der Waals surface area contributed by atoms with E-state index in [0.29, 0.717) is 17.8 Å². The van der Waals surface area contributed by atoms with Gasteiger partial charge in [-0.2, -0.15) is 5.10 Å². The molecule has 1 atom stereocenters. The van der Waals surface area contributed by atoms with E-state index in [4.69, 9.17) is 4.98 Å². The summed E-state index contributed by atoms with van der Waals surface area (Å²) in [5, 5.41) is 11.5. The highest BCUT2D eigenvalue weighted by atomic mass is 16.2. The molecule has 4 heterocycles. The minimum absolute atomic E-state index is 0.155. The van der Waals surface area contributed by atoms with Crippen LogP contribution in [0.3, 0.4) is 0 Å². The van der Waals surface area contributed by atoms with Gasteiger partial charge in [-0.05, 0) is 64.3 Å². The van der Waals surface area contributed by atoms with E-state index in [9.17, 15) is 9.59 Å². The Morgan fingerprint density at radius 1 is 1.30 bits per heavy atom. The first kappa shape index (κ1) is 20.1. The second-order valence-corrected chi connectivity index (χ2v) is 8.37. The molecule has 1 unspecified atom stereocenters. The maximum atomic E-state index is 13.4. The Morgan fingerprint density at radius 3 is 2.80 bits per heavy atom. The summed E-state index contributed by atoms with van der Waals surface area (Å²) in [6.45, 7) is 8.42. The van der Waals surface area contributed by atoms with Crippen LogP contribution in [0, 0.1) is 13.8 Å². The van der Waals surface area contributed by atoms with E-state index in [0.717, 1.165) is 35.4 Å². The lowest BCUT2D eigenvalue weighted by atomic mass is 10.1. The molecular weight excluding hydrogens is 380 g/mol.